The monoisotopic (exact) mass is 175 g/mol. The molecule has 2 nitrogen and oxygen atoms in total. The molecular weight excluding hydrogens is 162 g/mol. The number of hydrogen-bond acceptors (Lipinski definition) is 2. The van der Waals surface area contributed by atoms with Crippen molar-refractivity contribution in [3.63, 3.8) is 0 Å². The van der Waals surface area contributed by atoms with E-state index in [-0.39, 0.29) is 11.7 Å². The van der Waals surface area contributed by atoms with E-state index >= 15 is 0 Å². The highest BCUT2D eigenvalue weighted by Gasteiger charge is 2.15. The normalized spacial score (nSPS) is 12.2. The highest BCUT2D eigenvalue weighted by Crippen LogP contribution is 2.09. The summed E-state index contributed by atoms with van der Waals surface area (Å²) in [6.45, 7) is 3.42. The minimum Gasteiger partial charge on any atom is -0.309 e. The molecule has 0 saturated heterocycles. The van der Waals surface area contributed by atoms with Gasteiger partial charge in [-0.25, -0.2) is 0 Å². The van der Waals surface area contributed by atoms with Crippen molar-refractivity contribution in [3.05, 3.63) is 35.9 Å². The third-order valence-corrected chi connectivity index (χ3v) is 2.10. The Morgan fingerprint density at radius 2 is 1.85 bits per heavy atom. The minimum atomic E-state index is -0.303. The van der Waals surface area contributed by atoms with E-state index in [0.717, 1.165) is 0 Å². The van der Waals surface area contributed by atoms with Crippen molar-refractivity contribution < 1.29 is 4.79 Å². The molecule has 0 heterocycles. The number of nitrogens with one attached hydrogen (secondary N) is 1. The third-order valence-electron chi connectivity index (χ3n) is 2.10. The SMILES string of the molecule is CC(=N)C(C)C(=O)c1ccccc1. The first-order chi connectivity index (χ1) is 6.13. The Morgan fingerprint density at radius 3 is 2.31 bits per heavy atom. The molecule has 0 fully saturated rings. The predicted octanol–water partition coefficient (Wildman–Crippen LogP) is 2.55. The van der Waals surface area contributed by atoms with Crippen LogP contribution in [0.2, 0.25) is 0 Å². The summed E-state index contributed by atoms with van der Waals surface area (Å²) in [6.07, 6.45) is 0. The van der Waals surface area contributed by atoms with Crippen LogP contribution in [0.5, 0.6) is 0 Å². The summed E-state index contributed by atoms with van der Waals surface area (Å²) in [4.78, 5) is 11.6. The molecule has 13 heavy (non-hydrogen) atoms. The van der Waals surface area contributed by atoms with E-state index in [1.807, 2.05) is 18.2 Å². The Hall–Kier alpha value is -1.44. The van der Waals surface area contributed by atoms with Crippen LogP contribution in [0, 0.1) is 11.3 Å². The van der Waals surface area contributed by atoms with Crippen LogP contribution in [0.15, 0.2) is 30.3 Å². The van der Waals surface area contributed by atoms with E-state index in [9.17, 15) is 4.79 Å². The molecule has 1 aromatic carbocycles. The Morgan fingerprint density at radius 1 is 1.31 bits per heavy atom. The van der Waals surface area contributed by atoms with Gasteiger partial charge in [0, 0.05) is 11.3 Å². The number of carbonyl (C=O) groups is 1. The van der Waals surface area contributed by atoms with Gasteiger partial charge >= 0.3 is 0 Å². The molecule has 2 heteroatoms. The Bertz CT molecular complexity index is 316. The first kappa shape index (κ1) is 9.65. The number of ketones is 1. The van der Waals surface area contributed by atoms with E-state index < -0.39 is 0 Å². The lowest BCUT2D eigenvalue weighted by Crippen LogP contribution is -2.17. The maximum atomic E-state index is 11.6. The molecule has 1 atom stereocenters. The molecule has 0 aromatic heterocycles. The second-order valence-electron chi connectivity index (χ2n) is 3.13. The lowest BCUT2D eigenvalue weighted by Gasteiger charge is -2.07. The van der Waals surface area contributed by atoms with E-state index in [1.165, 1.54) is 0 Å². The average Bonchev–Trinajstić information content (AvgIpc) is 2.17. The van der Waals surface area contributed by atoms with Crippen molar-refractivity contribution in [2.24, 2.45) is 5.92 Å². The largest absolute Gasteiger partial charge is 0.309 e. The maximum absolute atomic E-state index is 11.6. The topological polar surface area (TPSA) is 40.9 Å². The summed E-state index contributed by atoms with van der Waals surface area (Å²) in [5.74, 6) is -0.282. The average molecular weight is 175 g/mol. The zero-order valence-corrected chi connectivity index (χ0v) is 7.87. The van der Waals surface area contributed by atoms with E-state index in [4.69, 9.17) is 5.41 Å². The van der Waals surface area contributed by atoms with Gasteiger partial charge in [0.15, 0.2) is 5.78 Å². The lowest BCUT2D eigenvalue weighted by atomic mass is 9.96. The van der Waals surface area contributed by atoms with Crippen molar-refractivity contribution in [1.29, 1.82) is 5.41 Å². The fraction of sp³-hybridized carbons (Fsp3) is 0.273. The number of hydrogen-bond donors (Lipinski definition) is 1. The zero-order chi connectivity index (χ0) is 9.84. The quantitative estimate of drug-likeness (QED) is 0.556. The van der Waals surface area contributed by atoms with Crippen LogP contribution in [-0.2, 0) is 0 Å². The van der Waals surface area contributed by atoms with Crippen LogP contribution < -0.4 is 0 Å². The van der Waals surface area contributed by atoms with Gasteiger partial charge in [-0.2, -0.15) is 0 Å². The summed E-state index contributed by atoms with van der Waals surface area (Å²) in [5.41, 5.74) is 1.09. The van der Waals surface area contributed by atoms with Crippen LogP contribution in [0.1, 0.15) is 24.2 Å². The molecule has 0 saturated carbocycles. The highest BCUT2D eigenvalue weighted by atomic mass is 16.1. The van der Waals surface area contributed by atoms with Gasteiger partial charge in [-0.1, -0.05) is 30.3 Å². The van der Waals surface area contributed by atoms with Crippen molar-refractivity contribution in [2.45, 2.75) is 13.8 Å². The third kappa shape index (κ3) is 2.25. The molecule has 0 aliphatic rings. The van der Waals surface area contributed by atoms with E-state index in [1.54, 1.807) is 26.0 Å². The predicted molar refractivity (Wildman–Crippen MR) is 53.3 cm³/mol. The van der Waals surface area contributed by atoms with Gasteiger partial charge in [-0.3, -0.25) is 4.79 Å². The Labute approximate surface area is 78.1 Å². The molecular formula is C11H13NO. The van der Waals surface area contributed by atoms with Crippen LogP contribution in [0.4, 0.5) is 0 Å². The fourth-order valence-corrected chi connectivity index (χ4v) is 1.05. The fourth-order valence-electron chi connectivity index (χ4n) is 1.05. The molecule has 0 spiro atoms. The lowest BCUT2D eigenvalue weighted by molar-refractivity contribution is 0.0961. The van der Waals surface area contributed by atoms with Crippen molar-refractivity contribution in [2.75, 3.05) is 0 Å². The summed E-state index contributed by atoms with van der Waals surface area (Å²) in [6, 6.07) is 9.10. The molecule has 0 amide bonds. The van der Waals surface area contributed by atoms with Gasteiger partial charge in [0.1, 0.15) is 0 Å². The van der Waals surface area contributed by atoms with Crippen molar-refractivity contribution >= 4 is 11.5 Å². The molecule has 0 aliphatic heterocycles. The Kier molecular flexibility index (Phi) is 2.96. The Balaban J connectivity index is 2.86. The smallest absolute Gasteiger partial charge is 0.171 e. The molecule has 0 aliphatic carbocycles. The molecule has 68 valence electrons. The first-order valence-electron chi connectivity index (χ1n) is 4.27. The maximum Gasteiger partial charge on any atom is 0.171 e. The number of rotatable bonds is 3. The molecule has 0 bridgehead atoms. The standard InChI is InChI=1S/C11H13NO/c1-8(9(2)12)11(13)10-6-4-3-5-7-10/h3-8,12H,1-2H3. The van der Waals surface area contributed by atoms with Gasteiger partial charge in [0.25, 0.3) is 0 Å². The summed E-state index contributed by atoms with van der Waals surface area (Å²) < 4.78 is 0. The molecule has 0 radical (unpaired) electrons. The second-order valence-corrected chi connectivity index (χ2v) is 3.13. The second kappa shape index (κ2) is 3.99. The zero-order valence-electron chi connectivity index (χ0n) is 7.87. The molecule has 1 N–H and O–H groups in total. The van der Waals surface area contributed by atoms with E-state index in [2.05, 4.69) is 0 Å². The van der Waals surface area contributed by atoms with Gasteiger partial charge < -0.3 is 5.41 Å². The first-order valence-corrected chi connectivity index (χ1v) is 4.27. The number of benzene rings is 1. The van der Waals surface area contributed by atoms with Crippen LogP contribution in [-0.4, -0.2) is 11.5 Å². The summed E-state index contributed by atoms with van der Waals surface area (Å²) in [7, 11) is 0. The highest BCUT2D eigenvalue weighted by molar-refractivity contribution is 6.10. The van der Waals surface area contributed by atoms with Crippen LogP contribution >= 0.6 is 0 Å². The number of Topliss-reactive ketones (excluding diaryl/α,β-unsaturated/α-hetero) is 1. The van der Waals surface area contributed by atoms with Gasteiger partial charge in [0.2, 0.25) is 0 Å². The van der Waals surface area contributed by atoms with Crippen LogP contribution in [0.3, 0.4) is 0 Å². The molecule has 1 rings (SSSR count). The minimum absolute atomic E-state index is 0.0214. The van der Waals surface area contributed by atoms with E-state index in [0.29, 0.717) is 11.3 Å². The van der Waals surface area contributed by atoms with Gasteiger partial charge in [0.05, 0.1) is 5.92 Å². The van der Waals surface area contributed by atoms with Crippen molar-refractivity contribution in [1.82, 2.24) is 0 Å². The number of carbonyl (C=O) groups excluding carboxylic acids is 1. The van der Waals surface area contributed by atoms with Crippen LogP contribution in [0.25, 0.3) is 0 Å². The molecule has 1 aromatic rings. The summed E-state index contributed by atoms with van der Waals surface area (Å²) in [5, 5.41) is 7.36. The van der Waals surface area contributed by atoms with Gasteiger partial charge in [-0.05, 0) is 13.8 Å². The summed E-state index contributed by atoms with van der Waals surface area (Å²) >= 11 is 0. The van der Waals surface area contributed by atoms with Crippen molar-refractivity contribution in [3.8, 4) is 0 Å². The van der Waals surface area contributed by atoms with Gasteiger partial charge in [-0.15, -0.1) is 0 Å². The molecule has 1 unspecified atom stereocenters.